The van der Waals surface area contributed by atoms with Crippen LogP contribution >= 0.6 is 0 Å². The van der Waals surface area contributed by atoms with Gasteiger partial charge in [-0.1, -0.05) is 6.92 Å². The van der Waals surface area contributed by atoms with Gasteiger partial charge in [0.15, 0.2) is 5.78 Å². The molecule has 108 valence electrons. The van der Waals surface area contributed by atoms with Crippen LogP contribution in [-0.4, -0.2) is 23.3 Å². The minimum absolute atomic E-state index is 0.112. The maximum Gasteiger partial charge on any atom is 0.280 e. The monoisotopic (exact) mass is 276 g/mol. The summed E-state index contributed by atoms with van der Waals surface area (Å²) in [6.07, 6.45) is 2.31. The molecule has 2 rings (SSSR count). The van der Waals surface area contributed by atoms with Crippen molar-refractivity contribution in [2.75, 3.05) is 11.4 Å². The number of carbonyl (C=O) groups excluding carboxylic acids is 1. The number of hydrogen-bond donors (Lipinski definition) is 0. The van der Waals surface area contributed by atoms with E-state index >= 15 is 0 Å². The Morgan fingerprint density at radius 3 is 2.70 bits per heavy atom. The Hall–Kier alpha value is -1.91. The zero-order chi connectivity index (χ0) is 14.9. The summed E-state index contributed by atoms with van der Waals surface area (Å²) < 4.78 is 0. The van der Waals surface area contributed by atoms with Gasteiger partial charge in [-0.3, -0.25) is 14.9 Å². The molecule has 0 bridgehead atoms. The maximum absolute atomic E-state index is 11.6. The number of nitro groups is 1. The molecule has 20 heavy (non-hydrogen) atoms. The third kappa shape index (κ3) is 2.66. The zero-order valence-electron chi connectivity index (χ0n) is 12.1. The third-order valence-corrected chi connectivity index (χ3v) is 4.26. The molecule has 0 amide bonds. The molecule has 1 aromatic carbocycles. The lowest BCUT2D eigenvalue weighted by atomic mass is 9.91. The van der Waals surface area contributed by atoms with E-state index in [1.807, 2.05) is 0 Å². The van der Waals surface area contributed by atoms with Gasteiger partial charge in [-0.25, -0.2) is 0 Å². The van der Waals surface area contributed by atoms with Gasteiger partial charge < -0.3 is 4.90 Å². The number of nitro benzene ring substituents is 1. The van der Waals surface area contributed by atoms with E-state index in [1.165, 1.54) is 19.4 Å². The molecule has 1 saturated heterocycles. The van der Waals surface area contributed by atoms with Crippen molar-refractivity contribution < 1.29 is 9.72 Å². The highest BCUT2D eigenvalue weighted by Gasteiger charge is 2.26. The molecule has 0 spiro atoms. The summed E-state index contributed by atoms with van der Waals surface area (Å²) in [5.41, 5.74) is 0.983. The highest BCUT2D eigenvalue weighted by molar-refractivity contribution is 5.99. The standard InChI is InChI=1S/C15H20N2O3/c1-10-5-4-8-16(11(10)2)13-6-7-15(17(19)20)14(9-13)12(3)18/h6-7,9-11H,4-5,8H2,1-3H3. The number of Topliss-reactive ketones (excluding diaryl/α,β-unsaturated/α-hetero) is 1. The number of piperidine rings is 1. The first-order chi connectivity index (χ1) is 9.41. The lowest BCUT2D eigenvalue weighted by Gasteiger charge is -2.39. The number of benzene rings is 1. The summed E-state index contributed by atoms with van der Waals surface area (Å²) >= 11 is 0. The average molecular weight is 276 g/mol. The molecular weight excluding hydrogens is 256 g/mol. The van der Waals surface area contributed by atoms with Crippen molar-refractivity contribution in [3.8, 4) is 0 Å². The minimum Gasteiger partial charge on any atom is -0.369 e. The van der Waals surface area contributed by atoms with Crippen molar-refractivity contribution in [1.82, 2.24) is 0 Å². The fraction of sp³-hybridized carbons (Fsp3) is 0.533. The largest absolute Gasteiger partial charge is 0.369 e. The molecule has 0 aromatic heterocycles. The predicted octanol–water partition coefficient (Wildman–Crippen LogP) is 3.42. The Morgan fingerprint density at radius 2 is 2.10 bits per heavy atom. The Kier molecular flexibility index (Phi) is 4.06. The molecule has 0 N–H and O–H groups in total. The Balaban J connectivity index is 2.40. The van der Waals surface area contributed by atoms with E-state index in [4.69, 9.17) is 0 Å². The van der Waals surface area contributed by atoms with Gasteiger partial charge in [0.2, 0.25) is 0 Å². The summed E-state index contributed by atoms with van der Waals surface area (Å²) in [5, 5.41) is 11.0. The van der Waals surface area contributed by atoms with Crippen molar-refractivity contribution in [3.05, 3.63) is 33.9 Å². The van der Waals surface area contributed by atoms with Gasteiger partial charge in [-0.05, 0) is 44.7 Å². The predicted molar refractivity (Wildman–Crippen MR) is 78.3 cm³/mol. The van der Waals surface area contributed by atoms with Gasteiger partial charge in [0, 0.05) is 24.3 Å². The highest BCUT2D eigenvalue weighted by atomic mass is 16.6. The van der Waals surface area contributed by atoms with E-state index in [0.717, 1.165) is 18.7 Å². The number of ketones is 1. The molecule has 0 radical (unpaired) electrons. The van der Waals surface area contributed by atoms with Crippen LogP contribution in [0.1, 0.15) is 44.0 Å². The van der Waals surface area contributed by atoms with Gasteiger partial charge in [0.25, 0.3) is 5.69 Å². The van der Waals surface area contributed by atoms with E-state index in [-0.39, 0.29) is 17.0 Å². The quantitative estimate of drug-likeness (QED) is 0.482. The first-order valence-electron chi connectivity index (χ1n) is 6.98. The van der Waals surface area contributed by atoms with E-state index in [9.17, 15) is 14.9 Å². The second-order valence-corrected chi connectivity index (χ2v) is 5.57. The van der Waals surface area contributed by atoms with Gasteiger partial charge in [-0.2, -0.15) is 0 Å². The highest BCUT2D eigenvalue weighted by Crippen LogP contribution is 2.31. The Labute approximate surface area is 118 Å². The lowest BCUT2D eigenvalue weighted by Crippen LogP contribution is -2.42. The van der Waals surface area contributed by atoms with Crippen LogP contribution in [0, 0.1) is 16.0 Å². The normalized spacial score (nSPS) is 22.6. The molecule has 2 unspecified atom stereocenters. The molecule has 1 aromatic rings. The van der Waals surface area contributed by atoms with Gasteiger partial charge >= 0.3 is 0 Å². The maximum atomic E-state index is 11.6. The third-order valence-electron chi connectivity index (χ3n) is 4.26. The summed E-state index contributed by atoms with van der Waals surface area (Å²) in [6.45, 7) is 6.68. The molecule has 1 heterocycles. The fourth-order valence-electron chi connectivity index (χ4n) is 2.84. The first kappa shape index (κ1) is 14.5. The summed E-state index contributed by atoms with van der Waals surface area (Å²) in [6, 6.07) is 5.23. The van der Waals surface area contributed by atoms with Crippen LogP contribution in [0.4, 0.5) is 11.4 Å². The van der Waals surface area contributed by atoms with Crippen molar-refractivity contribution in [1.29, 1.82) is 0 Å². The van der Waals surface area contributed by atoms with Crippen molar-refractivity contribution in [3.63, 3.8) is 0 Å². The fourth-order valence-corrected chi connectivity index (χ4v) is 2.84. The number of rotatable bonds is 3. The minimum atomic E-state index is -0.497. The second kappa shape index (κ2) is 5.61. The number of nitrogens with zero attached hydrogens (tertiary/aromatic N) is 2. The average Bonchev–Trinajstić information content (AvgIpc) is 2.41. The van der Waals surface area contributed by atoms with E-state index < -0.39 is 4.92 Å². The van der Waals surface area contributed by atoms with Crippen LogP contribution in [0.25, 0.3) is 0 Å². The van der Waals surface area contributed by atoms with Crippen molar-refractivity contribution in [2.45, 2.75) is 39.7 Å². The molecule has 0 saturated carbocycles. The molecular formula is C15H20N2O3. The smallest absolute Gasteiger partial charge is 0.280 e. The number of anilines is 1. The van der Waals surface area contributed by atoms with Crippen LogP contribution in [0.2, 0.25) is 0 Å². The van der Waals surface area contributed by atoms with Gasteiger partial charge in [-0.15, -0.1) is 0 Å². The molecule has 5 nitrogen and oxygen atoms in total. The Bertz CT molecular complexity index is 542. The van der Waals surface area contributed by atoms with Crippen molar-refractivity contribution >= 4 is 17.2 Å². The molecule has 1 aliphatic rings. The van der Waals surface area contributed by atoms with Crippen LogP contribution in [-0.2, 0) is 0 Å². The van der Waals surface area contributed by atoms with Crippen LogP contribution in [0.5, 0.6) is 0 Å². The second-order valence-electron chi connectivity index (χ2n) is 5.57. The van der Waals surface area contributed by atoms with Crippen molar-refractivity contribution in [2.24, 2.45) is 5.92 Å². The zero-order valence-corrected chi connectivity index (χ0v) is 12.1. The molecule has 5 heteroatoms. The first-order valence-corrected chi connectivity index (χ1v) is 6.98. The summed E-state index contributed by atoms with van der Waals surface area (Å²) in [4.78, 5) is 24.3. The summed E-state index contributed by atoms with van der Waals surface area (Å²) in [7, 11) is 0. The van der Waals surface area contributed by atoms with E-state index in [0.29, 0.717) is 12.0 Å². The molecule has 1 aliphatic heterocycles. The summed E-state index contributed by atoms with van der Waals surface area (Å²) in [5.74, 6) is 0.316. The van der Waals surface area contributed by atoms with Crippen LogP contribution < -0.4 is 4.90 Å². The molecule has 2 atom stereocenters. The SMILES string of the molecule is CC(=O)c1cc(N2CCCC(C)C2C)ccc1[N+](=O)[O-]. The van der Waals surface area contributed by atoms with E-state index in [1.54, 1.807) is 12.1 Å². The van der Waals surface area contributed by atoms with Crippen LogP contribution in [0.3, 0.4) is 0 Å². The van der Waals surface area contributed by atoms with Gasteiger partial charge in [0.05, 0.1) is 10.5 Å². The Morgan fingerprint density at radius 1 is 1.40 bits per heavy atom. The van der Waals surface area contributed by atoms with E-state index in [2.05, 4.69) is 18.7 Å². The molecule has 1 fully saturated rings. The van der Waals surface area contributed by atoms with Gasteiger partial charge in [0.1, 0.15) is 0 Å². The number of hydrogen-bond acceptors (Lipinski definition) is 4. The van der Waals surface area contributed by atoms with Crippen LogP contribution in [0.15, 0.2) is 18.2 Å². The lowest BCUT2D eigenvalue weighted by molar-refractivity contribution is -0.385. The molecule has 0 aliphatic carbocycles. The number of carbonyl (C=O) groups is 1. The topological polar surface area (TPSA) is 63.5 Å².